The van der Waals surface area contributed by atoms with Crippen LogP contribution in [0.2, 0.25) is 10.0 Å². The summed E-state index contributed by atoms with van der Waals surface area (Å²) in [6.07, 6.45) is 0. The first-order chi connectivity index (χ1) is 8.51. The van der Waals surface area contributed by atoms with Gasteiger partial charge in [-0.1, -0.05) is 29.3 Å². The Morgan fingerprint density at radius 2 is 1.89 bits per heavy atom. The van der Waals surface area contributed by atoms with E-state index >= 15 is 0 Å². The molecule has 0 aliphatic carbocycles. The summed E-state index contributed by atoms with van der Waals surface area (Å²) < 4.78 is 4.50. The van der Waals surface area contributed by atoms with Crippen LogP contribution >= 0.6 is 35.6 Å². The second kappa shape index (κ2) is 8.22. The number of hydrogen-bond acceptors (Lipinski definition) is 4. The van der Waals surface area contributed by atoms with Gasteiger partial charge in [0.05, 0.1) is 22.7 Å². The third-order valence-electron chi connectivity index (χ3n) is 2.22. The van der Waals surface area contributed by atoms with E-state index < -0.39 is 17.9 Å². The molecule has 3 N–H and O–H groups in total. The molecule has 106 valence electrons. The molecule has 1 unspecified atom stereocenters. The summed E-state index contributed by atoms with van der Waals surface area (Å²) in [5.74, 6) is -1.21. The maximum absolute atomic E-state index is 11.9. The molecule has 8 heteroatoms. The Bertz CT molecular complexity index is 448. The van der Waals surface area contributed by atoms with Gasteiger partial charge in [-0.25, -0.2) is 4.79 Å². The predicted octanol–water partition coefficient (Wildman–Crippen LogP) is 1.65. The Labute approximate surface area is 126 Å². The van der Waals surface area contributed by atoms with Gasteiger partial charge < -0.3 is 15.8 Å². The molecule has 0 heterocycles. The van der Waals surface area contributed by atoms with Crippen LogP contribution in [0.4, 0.5) is 0 Å². The fourth-order valence-electron chi connectivity index (χ4n) is 1.30. The van der Waals surface area contributed by atoms with Gasteiger partial charge in [0.15, 0.2) is 0 Å². The molecule has 1 atom stereocenters. The van der Waals surface area contributed by atoms with Crippen molar-refractivity contribution in [3.63, 3.8) is 0 Å². The minimum atomic E-state index is -0.935. The smallest absolute Gasteiger partial charge is 0.329 e. The zero-order valence-corrected chi connectivity index (χ0v) is 12.3. The van der Waals surface area contributed by atoms with Gasteiger partial charge >= 0.3 is 5.97 Å². The lowest BCUT2D eigenvalue weighted by molar-refractivity contribution is -0.142. The molecule has 0 aromatic heterocycles. The van der Waals surface area contributed by atoms with E-state index in [9.17, 15) is 9.59 Å². The molecular weight excluding hydrogens is 314 g/mol. The van der Waals surface area contributed by atoms with Crippen LogP contribution in [0, 0.1) is 0 Å². The standard InChI is InChI=1S/C11H12Cl2N2O3.ClH/c1-18-11(17)8(5-14)15-10(16)9-6(12)3-2-4-7(9)13;/h2-4,8H,5,14H2,1H3,(H,15,16);1H. The predicted molar refractivity (Wildman–Crippen MR) is 76.0 cm³/mol. The maximum atomic E-state index is 11.9. The van der Waals surface area contributed by atoms with E-state index in [1.165, 1.54) is 19.2 Å². The summed E-state index contributed by atoms with van der Waals surface area (Å²) in [5, 5.41) is 2.80. The number of ether oxygens (including phenoxy) is 1. The number of esters is 1. The van der Waals surface area contributed by atoms with Gasteiger partial charge in [-0.05, 0) is 12.1 Å². The molecule has 1 amide bonds. The van der Waals surface area contributed by atoms with Crippen LogP contribution in [0.5, 0.6) is 0 Å². The highest BCUT2D eigenvalue weighted by atomic mass is 35.5. The number of methoxy groups -OCH3 is 1. The van der Waals surface area contributed by atoms with E-state index in [0.717, 1.165) is 0 Å². The van der Waals surface area contributed by atoms with Crippen molar-refractivity contribution >= 4 is 47.5 Å². The summed E-state index contributed by atoms with van der Waals surface area (Å²) >= 11 is 11.7. The van der Waals surface area contributed by atoms with E-state index in [1.54, 1.807) is 6.07 Å². The molecule has 0 saturated carbocycles. The molecule has 0 saturated heterocycles. The van der Waals surface area contributed by atoms with Gasteiger partial charge in [0.25, 0.3) is 5.91 Å². The van der Waals surface area contributed by atoms with Crippen molar-refractivity contribution in [2.75, 3.05) is 13.7 Å². The minimum absolute atomic E-state index is 0. The van der Waals surface area contributed by atoms with Crippen LogP contribution in [0.25, 0.3) is 0 Å². The van der Waals surface area contributed by atoms with Crippen LogP contribution in [0.1, 0.15) is 10.4 Å². The number of carbonyl (C=O) groups is 2. The first-order valence-corrected chi connectivity index (χ1v) is 5.79. The topological polar surface area (TPSA) is 81.4 Å². The first-order valence-electron chi connectivity index (χ1n) is 5.04. The molecule has 1 aromatic carbocycles. The van der Waals surface area contributed by atoms with Crippen molar-refractivity contribution in [1.29, 1.82) is 0 Å². The third-order valence-corrected chi connectivity index (χ3v) is 2.85. The summed E-state index contributed by atoms with van der Waals surface area (Å²) in [5.41, 5.74) is 5.47. The van der Waals surface area contributed by atoms with E-state index in [-0.39, 0.29) is 34.6 Å². The van der Waals surface area contributed by atoms with Gasteiger partial charge in [0.1, 0.15) is 6.04 Å². The molecule has 1 rings (SSSR count). The normalized spacial score (nSPS) is 11.2. The van der Waals surface area contributed by atoms with Crippen LogP contribution in [-0.4, -0.2) is 31.6 Å². The summed E-state index contributed by atoms with van der Waals surface area (Å²) in [7, 11) is 1.21. The fourth-order valence-corrected chi connectivity index (χ4v) is 1.87. The highest BCUT2D eigenvalue weighted by Gasteiger charge is 2.22. The lowest BCUT2D eigenvalue weighted by atomic mass is 10.2. The minimum Gasteiger partial charge on any atom is -0.467 e. The monoisotopic (exact) mass is 326 g/mol. The lowest BCUT2D eigenvalue weighted by Crippen LogP contribution is -2.46. The van der Waals surface area contributed by atoms with E-state index in [2.05, 4.69) is 10.1 Å². The van der Waals surface area contributed by atoms with Gasteiger partial charge in [-0.15, -0.1) is 12.4 Å². The van der Waals surface area contributed by atoms with Crippen molar-refractivity contribution < 1.29 is 14.3 Å². The average molecular weight is 328 g/mol. The number of rotatable bonds is 4. The number of benzene rings is 1. The van der Waals surface area contributed by atoms with Gasteiger partial charge in [-0.2, -0.15) is 0 Å². The van der Waals surface area contributed by atoms with Crippen molar-refractivity contribution in [1.82, 2.24) is 5.32 Å². The highest BCUT2D eigenvalue weighted by molar-refractivity contribution is 6.39. The van der Waals surface area contributed by atoms with Gasteiger partial charge in [0, 0.05) is 6.54 Å². The van der Waals surface area contributed by atoms with Crippen molar-refractivity contribution in [3.8, 4) is 0 Å². The fraction of sp³-hybridized carbons (Fsp3) is 0.273. The van der Waals surface area contributed by atoms with Crippen molar-refractivity contribution in [2.24, 2.45) is 5.73 Å². The maximum Gasteiger partial charge on any atom is 0.329 e. The van der Waals surface area contributed by atoms with Crippen molar-refractivity contribution in [2.45, 2.75) is 6.04 Å². The second-order valence-corrected chi connectivity index (χ2v) is 4.20. The Morgan fingerprint density at radius 1 is 1.37 bits per heavy atom. The number of carbonyl (C=O) groups excluding carboxylic acids is 2. The number of nitrogens with one attached hydrogen (secondary N) is 1. The van der Waals surface area contributed by atoms with E-state index in [1.807, 2.05) is 0 Å². The third kappa shape index (κ3) is 4.54. The number of amides is 1. The molecule has 5 nitrogen and oxygen atoms in total. The summed E-state index contributed by atoms with van der Waals surface area (Å²) in [4.78, 5) is 23.2. The Balaban J connectivity index is 0.00000324. The number of nitrogens with two attached hydrogens (primary N) is 1. The average Bonchev–Trinajstić information content (AvgIpc) is 2.34. The zero-order valence-electron chi connectivity index (χ0n) is 9.98. The molecule has 0 spiro atoms. The Morgan fingerprint density at radius 3 is 2.32 bits per heavy atom. The Kier molecular flexibility index (Phi) is 7.78. The summed E-state index contributed by atoms with van der Waals surface area (Å²) in [6.45, 7) is -0.0829. The molecule has 0 aliphatic rings. The highest BCUT2D eigenvalue weighted by Crippen LogP contribution is 2.24. The molecule has 0 bridgehead atoms. The number of hydrogen-bond donors (Lipinski definition) is 2. The van der Waals surface area contributed by atoms with E-state index in [0.29, 0.717) is 0 Å². The van der Waals surface area contributed by atoms with Gasteiger partial charge in [-0.3, -0.25) is 4.79 Å². The Hall–Kier alpha value is -1.01. The zero-order chi connectivity index (χ0) is 13.7. The molecule has 0 radical (unpaired) electrons. The van der Waals surface area contributed by atoms with Crippen molar-refractivity contribution in [3.05, 3.63) is 33.8 Å². The quantitative estimate of drug-likeness (QED) is 0.824. The van der Waals surface area contributed by atoms with Crippen LogP contribution in [-0.2, 0) is 9.53 Å². The molecule has 19 heavy (non-hydrogen) atoms. The number of halogens is 3. The molecular formula is C11H13Cl3N2O3. The lowest BCUT2D eigenvalue weighted by Gasteiger charge is -2.15. The molecule has 0 aliphatic heterocycles. The SMILES string of the molecule is COC(=O)C(CN)NC(=O)c1c(Cl)cccc1Cl.Cl. The molecule has 1 aromatic rings. The van der Waals surface area contributed by atoms with Crippen LogP contribution in [0.3, 0.4) is 0 Å². The second-order valence-electron chi connectivity index (χ2n) is 3.38. The molecule has 0 fully saturated rings. The van der Waals surface area contributed by atoms with E-state index in [4.69, 9.17) is 28.9 Å². The van der Waals surface area contributed by atoms with Crippen LogP contribution < -0.4 is 11.1 Å². The van der Waals surface area contributed by atoms with Gasteiger partial charge in [0.2, 0.25) is 0 Å². The summed E-state index contributed by atoms with van der Waals surface area (Å²) in [6, 6.07) is 3.73. The first kappa shape index (κ1) is 18.0. The van der Waals surface area contributed by atoms with Crippen LogP contribution in [0.15, 0.2) is 18.2 Å². The largest absolute Gasteiger partial charge is 0.467 e.